The maximum Gasteiger partial charge on any atom is 0.513 e. The summed E-state index contributed by atoms with van der Waals surface area (Å²) in [6, 6.07) is 15.2. The topological polar surface area (TPSA) is 78.1 Å². The van der Waals surface area contributed by atoms with Crippen molar-refractivity contribution in [3.05, 3.63) is 65.4 Å². The number of rotatable bonds is 6. The molecule has 140 valence electrons. The Kier molecular flexibility index (Phi) is 5.35. The molecule has 1 aromatic heterocycles. The predicted octanol–water partition coefficient (Wildman–Crippen LogP) is 5.21. The number of benzene rings is 2. The molecular weight excluding hydrogens is 348 g/mol. The lowest BCUT2D eigenvalue weighted by Gasteiger charge is -2.10. The third-order valence-electron chi connectivity index (χ3n) is 4.18. The fourth-order valence-electron chi connectivity index (χ4n) is 2.75. The zero-order valence-corrected chi connectivity index (χ0v) is 15.3. The highest BCUT2D eigenvalue weighted by Crippen LogP contribution is 2.29. The Morgan fingerprint density at radius 2 is 1.74 bits per heavy atom. The van der Waals surface area contributed by atoms with E-state index >= 15 is 0 Å². The van der Waals surface area contributed by atoms with Gasteiger partial charge in [-0.05, 0) is 54.8 Å². The summed E-state index contributed by atoms with van der Waals surface area (Å²) in [6.07, 6.45) is -1.42. The molecule has 6 heteroatoms. The Hall–Kier alpha value is -3.41. The third kappa shape index (κ3) is 4.41. The van der Waals surface area contributed by atoms with Gasteiger partial charge in [-0.2, -0.15) is 0 Å². The number of carboxylic acid groups (broad SMARTS) is 1. The minimum absolute atomic E-state index is 0.0658. The second-order valence-electron chi connectivity index (χ2n) is 6.01. The van der Waals surface area contributed by atoms with Crippen LogP contribution in [0.1, 0.15) is 16.9 Å². The summed E-state index contributed by atoms with van der Waals surface area (Å²) >= 11 is 0. The third-order valence-corrected chi connectivity index (χ3v) is 4.18. The zero-order chi connectivity index (χ0) is 19.4. The van der Waals surface area contributed by atoms with Crippen LogP contribution in [0.2, 0.25) is 0 Å². The van der Waals surface area contributed by atoms with Crippen LogP contribution in [0.15, 0.2) is 52.9 Å². The van der Waals surface area contributed by atoms with Crippen molar-refractivity contribution in [2.24, 2.45) is 0 Å². The number of hydrogen-bond acceptors (Lipinski definition) is 5. The van der Waals surface area contributed by atoms with E-state index in [-0.39, 0.29) is 12.6 Å². The summed E-state index contributed by atoms with van der Waals surface area (Å²) in [5.74, 6) is 2.02. The van der Waals surface area contributed by atoms with Crippen LogP contribution in [0, 0.1) is 13.8 Å². The average molecular weight is 368 g/mol. The number of carbonyl (C=O) groups is 1. The standard InChI is InChI=1S/C21H20O6/c1-13-10-18(24-3)8-9-19(13)15-4-6-17(7-5-15)25-12-16-11-20(26-14(16)2)27-21(22)23/h4-11H,12H2,1-3H3,(H,22,23). The van der Waals surface area contributed by atoms with E-state index in [2.05, 4.69) is 4.74 Å². The number of ether oxygens (including phenoxy) is 3. The van der Waals surface area contributed by atoms with Gasteiger partial charge in [-0.3, -0.25) is 0 Å². The predicted molar refractivity (Wildman–Crippen MR) is 99.6 cm³/mol. The van der Waals surface area contributed by atoms with Crippen molar-refractivity contribution >= 4 is 6.16 Å². The monoisotopic (exact) mass is 368 g/mol. The molecule has 0 radical (unpaired) electrons. The molecule has 0 fully saturated rings. The molecule has 0 unspecified atom stereocenters. The van der Waals surface area contributed by atoms with Crippen LogP contribution in [0.25, 0.3) is 11.1 Å². The lowest BCUT2D eigenvalue weighted by atomic mass is 10.0. The van der Waals surface area contributed by atoms with Crippen LogP contribution in [0.4, 0.5) is 4.79 Å². The first-order valence-corrected chi connectivity index (χ1v) is 8.34. The van der Waals surface area contributed by atoms with Crippen LogP contribution in [0.3, 0.4) is 0 Å². The highest BCUT2D eigenvalue weighted by atomic mass is 16.7. The van der Waals surface area contributed by atoms with Crippen LogP contribution < -0.4 is 14.2 Å². The van der Waals surface area contributed by atoms with Crippen LogP contribution in [-0.4, -0.2) is 18.4 Å². The van der Waals surface area contributed by atoms with Gasteiger partial charge in [0.2, 0.25) is 0 Å². The van der Waals surface area contributed by atoms with E-state index in [4.69, 9.17) is 19.0 Å². The van der Waals surface area contributed by atoms with Crippen molar-refractivity contribution in [2.75, 3.05) is 7.11 Å². The first-order valence-electron chi connectivity index (χ1n) is 8.34. The molecule has 2 aromatic carbocycles. The Morgan fingerprint density at radius 1 is 1.04 bits per heavy atom. The van der Waals surface area contributed by atoms with Gasteiger partial charge in [0, 0.05) is 11.6 Å². The molecule has 0 aliphatic heterocycles. The molecule has 1 N–H and O–H groups in total. The molecule has 0 saturated heterocycles. The fourth-order valence-corrected chi connectivity index (χ4v) is 2.75. The Labute approximate surface area is 156 Å². The van der Waals surface area contributed by atoms with E-state index in [0.29, 0.717) is 11.5 Å². The van der Waals surface area contributed by atoms with Gasteiger partial charge < -0.3 is 23.7 Å². The minimum atomic E-state index is -1.42. The quantitative estimate of drug-likeness (QED) is 0.602. The van der Waals surface area contributed by atoms with Crippen molar-refractivity contribution in [1.82, 2.24) is 0 Å². The summed E-state index contributed by atoms with van der Waals surface area (Å²) in [5.41, 5.74) is 4.06. The number of methoxy groups -OCH3 is 1. The summed E-state index contributed by atoms with van der Waals surface area (Å²) in [4.78, 5) is 10.6. The first-order chi connectivity index (χ1) is 13.0. The van der Waals surface area contributed by atoms with Gasteiger partial charge in [-0.15, -0.1) is 0 Å². The smallest absolute Gasteiger partial charge is 0.497 e. The van der Waals surface area contributed by atoms with E-state index in [1.54, 1.807) is 14.0 Å². The SMILES string of the molecule is COc1ccc(-c2ccc(OCc3cc(OC(=O)O)oc3C)cc2)c(C)c1. The molecule has 6 nitrogen and oxygen atoms in total. The molecule has 0 atom stereocenters. The molecule has 0 aliphatic rings. The maximum absolute atomic E-state index is 10.6. The van der Waals surface area contributed by atoms with Crippen molar-refractivity contribution in [3.8, 4) is 28.6 Å². The second kappa shape index (κ2) is 7.86. The largest absolute Gasteiger partial charge is 0.513 e. The number of hydrogen-bond donors (Lipinski definition) is 1. The van der Waals surface area contributed by atoms with Gasteiger partial charge in [0.15, 0.2) is 0 Å². The normalized spacial score (nSPS) is 10.5. The van der Waals surface area contributed by atoms with Crippen molar-refractivity contribution < 1.29 is 28.5 Å². The average Bonchev–Trinajstić information content (AvgIpc) is 2.99. The van der Waals surface area contributed by atoms with Crippen molar-refractivity contribution in [3.63, 3.8) is 0 Å². The molecule has 0 bridgehead atoms. The van der Waals surface area contributed by atoms with Crippen LogP contribution in [-0.2, 0) is 6.61 Å². The Bertz CT molecular complexity index is 940. The Morgan fingerprint density at radius 3 is 2.37 bits per heavy atom. The van der Waals surface area contributed by atoms with E-state index < -0.39 is 6.16 Å². The van der Waals surface area contributed by atoms with Crippen LogP contribution in [0.5, 0.6) is 17.4 Å². The van der Waals surface area contributed by atoms with Gasteiger partial charge in [0.25, 0.3) is 5.95 Å². The molecule has 0 saturated carbocycles. The molecule has 0 aliphatic carbocycles. The molecule has 3 rings (SSSR count). The molecule has 0 spiro atoms. The highest BCUT2D eigenvalue weighted by Gasteiger charge is 2.12. The van der Waals surface area contributed by atoms with Gasteiger partial charge in [0.1, 0.15) is 23.9 Å². The molecular formula is C21H20O6. The number of aryl methyl sites for hydroxylation is 2. The summed E-state index contributed by atoms with van der Waals surface area (Å²) in [6.45, 7) is 4.02. The fraction of sp³-hybridized carbons (Fsp3) is 0.190. The van der Waals surface area contributed by atoms with E-state index in [1.807, 2.05) is 49.4 Å². The minimum Gasteiger partial charge on any atom is -0.497 e. The van der Waals surface area contributed by atoms with Gasteiger partial charge in [-0.25, -0.2) is 4.79 Å². The van der Waals surface area contributed by atoms with E-state index in [1.165, 1.54) is 6.07 Å². The van der Waals surface area contributed by atoms with E-state index in [9.17, 15) is 4.79 Å². The lowest BCUT2D eigenvalue weighted by Crippen LogP contribution is -2.01. The lowest BCUT2D eigenvalue weighted by molar-refractivity contribution is 0.132. The number of furan rings is 1. The van der Waals surface area contributed by atoms with Crippen LogP contribution >= 0.6 is 0 Å². The summed E-state index contributed by atoms with van der Waals surface area (Å²) in [5, 5.41) is 8.62. The van der Waals surface area contributed by atoms with Gasteiger partial charge >= 0.3 is 6.16 Å². The zero-order valence-electron chi connectivity index (χ0n) is 15.3. The van der Waals surface area contributed by atoms with Crippen molar-refractivity contribution in [1.29, 1.82) is 0 Å². The van der Waals surface area contributed by atoms with E-state index in [0.717, 1.165) is 28.0 Å². The maximum atomic E-state index is 10.6. The second-order valence-corrected chi connectivity index (χ2v) is 6.01. The first kappa shape index (κ1) is 18.4. The summed E-state index contributed by atoms with van der Waals surface area (Å²) in [7, 11) is 1.65. The molecule has 0 amide bonds. The summed E-state index contributed by atoms with van der Waals surface area (Å²) < 4.78 is 20.7. The Balaban J connectivity index is 1.68. The molecule has 27 heavy (non-hydrogen) atoms. The van der Waals surface area contributed by atoms with Crippen molar-refractivity contribution in [2.45, 2.75) is 20.5 Å². The van der Waals surface area contributed by atoms with Gasteiger partial charge in [-0.1, -0.05) is 18.2 Å². The molecule has 1 heterocycles. The molecule has 3 aromatic rings. The van der Waals surface area contributed by atoms with Gasteiger partial charge in [0.05, 0.1) is 7.11 Å². The highest BCUT2D eigenvalue weighted by molar-refractivity contribution is 5.68.